The molecule has 0 aliphatic rings. The van der Waals surface area contributed by atoms with Gasteiger partial charge in [-0.05, 0) is 29.8 Å². The second-order valence-electron chi connectivity index (χ2n) is 5.22. The fourth-order valence-corrected chi connectivity index (χ4v) is 2.28. The van der Waals surface area contributed by atoms with Crippen LogP contribution in [0, 0.1) is 5.82 Å². The summed E-state index contributed by atoms with van der Waals surface area (Å²) in [6, 6.07) is 15.7. The lowest BCUT2D eigenvalue weighted by Crippen LogP contribution is -2.00. The molecule has 0 N–H and O–H groups in total. The average molecular weight is 321 g/mol. The lowest BCUT2D eigenvalue weighted by atomic mass is 10.2. The van der Waals surface area contributed by atoms with Gasteiger partial charge in [0.25, 0.3) is 5.89 Å². The van der Waals surface area contributed by atoms with E-state index in [1.807, 2.05) is 30.3 Å². The molecule has 0 saturated heterocycles. The van der Waals surface area contributed by atoms with Crippen LogP contribution in [0.25, 0.3) is 23.0 Å². The van der Waals surface area contributed by atoms with Crippen molar-refractivity contribution >= 4 is 0 Å². The van der Waals surface area contributed by atoms with Crippen LogP contribution in [-0.4, -0.2) is 25.1 Å². The van der Waals surface area contributed by atoms with Gasteiger partial charge in [0.2, 0.25) is 5.82 Å². The molecule has 6 nitrogen and oxygen atoms in total. The first-order valence-electron chi connectivity index (χ1n) is 7.32. The van der Waals surface area contributed by atoms with Crippen molar-refractivity contribution in [1.29, 1.82) is 0 Å². The Morgan fingerprint density at radius 1 is 1.00 bits per heavy atom. The number of hydrogen-bond acceptors (Lipinski definition) is 5. The van der Waals surface area contributed by atoms with Crippen LogP contribution in [0.2, 0.25) is 0 Å². The minimum absolute atomic E-state index is 0.265. The van der Waals surface area contributed by atoms with Crippen molar-refractivity contribution in [3.8, 4) is 23.0 Å². The van der Waals surface area contributed by atoms with Gasteiger partial charge in [-0.15, -0.1) is 5.10 Å². The molecule has 0 spiro atoms. The first-order valence-corrected chi connectivity index (χ1v) is 7.32. The highest BCUT2D eigenvalue weighted by Crippen LogP contribution is 2.20. The van der Waals surface area contributed by atoms with Gasteiger partial charge in [-0.1, -0.05) is 40.7 Å². The predicted octanol–water partition coefficient (Wildman–Crippen LogP) is 3.18. The summed E-state index contributed by atoms with van der Waals surface area (Å²) in [4.78, 5) is 4.34. The molecule has 0 aliphatic carbocycles. The van der Waals surface area contributed by atoms with Gasteiger partial charge in [0.15, 0.2) is 5.69 Å². The Bertz CT molecular complexity index is 947. The van der Waals surface area contributed by atoms with Crippen molar-refractivity contribution < 1.29 is 8.91 Å². The number of halogens is 1. The van der Waals surface area contributed by atoms with Gasteiger partial charge < -0.3 is 4.52 Å². The molecule has 7 heteroatoms. The van der Waals surface area contributed by atoms with Crippen molar-refractivity contribution in [3.05, 3.63) is 72.2 Å². The molecule has 2 heterocycles. The van der Waals surface area contributed by atoms with E-state index in [-0.39, 0.29) is 5.82 Å². The zero-order valence-corrected chi connectivity index (χ0v) is 12.5. The third kappa shape index (κ3) is 2.91. The number of rotatable bonds is 4. The third-order valence-electron chi connectivity index (χ3n) is 3.47. The van der Waals surface area contributed by atoms with Crippen LogP contribution in [0.4, 0.5) is 4.39 Å². The Balaban J connectivity index is 1.55. The van der Waals surface area contributed by atoms with E-state index in [4.69, 9.17) is 4.52 Å². The molecule has 0 amide bonds. The maximum absolute atomic E-state index is 12.9. The van der Waals surface area contributed by atoms with E-state index < -0.39 is 0 Å². The summed E-state index contributed by atoms with van der Waals surface area (Å²) in [5.41, 5.74) is 2.28. The molecule has 0 aliphatic heterocycles. The summed E-state index contributed by atoms with van der Waals surface area (Å²) in [6.45, 7) is 0.483. The van der Waals surface area contributed by atoms with E-state index in [2.05, 4.69) is 20.5 Å². The Labute approximate surface area is 136 Å². The van der Waals surface area contributed by atoms with Gasteiger partial charge in [-0.3, -0.25) is 0 Å². The summed E-state index contributed by atoms with van der Waals surface area (Å²) < 4.78 is 19.8. The van der Waals surface area contributed by atoms with E-state index in [0.29, 0.717) is 24.0 Å². The fraction of sp³-hybridized carbons (Fsp3) is 0.0588. The van der Waals surface area contributed by atoms with Crippen molar-refractivity contribution in [2.45, 2.75) is 6.54 Å². The Morgan fingerprint density at radius 2 is 1.79 bits per heavy atom. The molecule has 0 bridgehead atoms. The molecule has 24 heavy (non-hydrogen) atoms. The second-order valence-corrected chi connectivity index (χ2v) is 5.22. The van der Waals surface area contributed by atoms with Crippen molar-refractivity contribution in [3.63, 3.8) is 0 Å². The van der Waals surface area contributed by atoms with Crippen LogP contribution in [0.3, 0.4) is 0 Å². The molecule has 2 aromatic carbocycles. The Kier molecular flexibility index (Phi) is 3.59. The lowest BCUT2D eigenvalue weighted by Gasteiger charge is -1.99. The second kappa shape index (κ2) is 6.04. The van der Waals surface area contributed by atoms with Gasteiger partial charge in [-0.25, -0.2) is 9.07 Å². The highest BCUT2D eigenvalue weighted by molar-refractivity contribution is 5.56. The Morgan fingerprint density at radius 3 is 2.58 bits per heavy atom. The zero-order chi connectivity index (χ0) is 16.4. The lowest BCUT2D eigenvalue weighted by molar-refractivity contribution is 0.432. The Hall–Kier alpha value is -3.35. The van der Waals surface area contributed by atoms with Crippen LogP contribution in [0.5, 0.6) is 0 Å². The smallest absolute Gasteiger partial charge is 0.258 e. The summed E-state index contributed by atoms with van der Waals surface area (Å²) >= 11 is 0. The van der Waals surface area contributed by atoms with Gasteiger partial charge in [0.05, 0.1) is 12.7 Å². The molecule has 0 atom stereocenters. The average Bonchev–Trinajstić information content (AvgIpc) is 3.27. The molecule has 0 radical (unpaired) electrons. The van der Waals surface area contributed by atoms with E-state index in [1.54, 1.807) is 23.0 Å². The summed E-state index contributed by atoms with van der Waals surface area (Å²) in [7, 11) is 0. The highest BCUT2D eigenvalue weighted by atomic mass is 19.1. The maximum Gasteiger partial charge on any atom is 0.258 e. The molecule has 0 unspecified atom stereocenters. The SMILES string of the molecule is Fc1ccc(Cn2cc(-c3noc(-c4ccccc4)n3)nn2)cc1. The predicted molar refractivity (Wildman–Crippen MR) is 84.3 cm³/mol. The minimum Gasteiger partial charge on any atom is -0.334 e. The van der Waals surface area contributed by atoms with Gasteiger partial charge in [0.1, 0.15) is 5.82 Å². The largest absolute Gasteiger partial charge is 0.334 e. The van der Waals surface area contributed by atoms with Gasteiger partial charge >= 0.3 is 0 Å². The molecule has 2 aromatic heterocycles. The fourth-order valence-electron chi connectivity index (χ4n) is 2.28. The minimum atomic E-state index is -0.265. The van der Waals surface area contributed by atoms with Crippen molar-refractivity contribution in [2.24, 2.45) is 0 Å². The van der Waals surface area contributed by atoms with E-state index >= 15 is 0 Å². The van der Waals surface area contributed by atoms with E-state index in [0.717, 1.165) is 11.1 Å². The number of nitrogens with zero attached hydrogens (tertiary/aromatic N) is 5. The first kappa shape index (κ1) is 14.3. The molecule has 4 rings (SSSR count). The van der Waals surface area contributed by atoms with E-state index in [1.165, 1.54) is 12.1 Å². The van der Waals surface area contributed by atoms with Crippen LogP contribution >= 0.6 is 0 Å². The first-order chi connectivity index (χ1) is 11.8. The molecule has 0 saturated carbocycles. The van der Waals surface area contributed by atoms with Gasteiger partial charge in [0, 0.05) is 5.56 Å². The standard InChI is InChI=1S/C17H12FN5O/c18-14-8-6-12(7-9-14)10-23-11-15(20-22-23)16-19-17(24-21-16)13-4-2-1-3-5-13/h1-9,11H,10H2. The van der Waals surface area contributed by atoms with Gasteiger partial charge in [-0.2, -0.15) is 4.98 Å². The summed E-state index contributed by atoms with van der Waals surface area (Å²) in [5.74, 6) is 0.538. The monoisotopic (exact) mass is 321 g/mol. The van der Waals surface area contributed by atoms with Crippen LogP contribution in [-0.2, 0) is 6.54 Å². The highest BCUT2D eigenvalue weighted by Gasteiger charge is 2.13. The normalized spacial score (nSPS) is 10.9. The van der Waals surface area contributed by atoms with E-state index in [9.17, 15) is 4.39 Å². The van der Waals surface area contributed by atoms with Crippen LogP contribution < -0.4 is 0 Å². The zero-order valence-electron chi connectivity index (χ0n) is 12.5. The van der Waals surface area contributed by atoms with Crippen LogP contribution in [0.15, 0.2) is 65.3 Å². The molecule has 0 fully saturated rings. The number of aromatic nitrogens is 5. The topological polar surface area (TPSA) is 69.6 Å². The summed E-state index contributed by atoms with van der Waals surface area (Å²) in [5, 5.41) is 12.0. The van der Waals surface area contributed by atoms with Crippen molar-refractivity contribution in [1.82, 2.24) is 25.1 Å². The summed E-state index contributed by atoms with van der Waals surface area (Å²) in [6.07, 6.45) is 1.73. The van der Waals surface area contributed by atoms with Crippen LogP contribution in [0.1, 0.15) is 5.56 Å². The third-order valence-corrected chi connectivity index (χ3v) is 3.47. The molecular formula is C17H12FN5O. The number of benzene rings is 2. The molecule has 118 valence electrons. The van der Waals surface area contributed by atoms with Crippen molar-refractivity contribution in [2.75, 3.05) is 0 Å². The maximum atomic E-state index is 12.9. The quantitative estimate of drug-likeness (QED) is 0.577. The molecule has 4 aromatic rings. The molecular weight excluding hydrogens is 309 g/mol. The number of hydrogen-bond donors (Lipinski definition) is 0.